The van der Waals surface area contributed by atoms with Gasteiger partial charge in [0.05, 0.1) is 6.04 Å². The van der Waals surface area contributed by atoms with E-state index in [2.05, 4.69) is 69.0 Å². The van der Waals surface area contributed by atoms with Crippen LogP contribution in [0.2, 0.25) is 0 Å². The van der Waals surface area contributed by atoms with Crippen molar-refractivity contribution >= 4 is 5.90 Å². The van der Waals surface area contributed by atoms with Gasteiger partial charge in [-0.1, -0.05) is 68.5 Å². The Labute approximate surface area is 139 Å². The molecule has 1 aliphatic heterocycles. The summed E-state index contributed by atoms with van der Waals surface area (Å²) in [7, 11) is 0. The maximum absolute atomic E-state index is 5.97. The van der Waals surface area contributed by atoms with E-state index in [9.17, 15) is 0 Å². The smallest absolute Gasteiger partial charge is 0.213 e. The number of hydrogen-bond donors (Lipinski definition) is 0. The van der Waals surface area contributed by atoms with E-state index in [4.69, 9.17) is 9.73 Å². The summed E-state index contributed by atoms with van der Waals surface area (Å²) in [6, 6.07) is 10.9. The van der Waals surface area contributed by atoms with Crippen LogP contribution in [0.25, 0.3) is 0 Å². The molecular weight excluding hydrogens is 282 g/mol. The number of rotatable bonds is 5. The lowest BCUT2D eigenvalue weighted by molar-refractivity contribution is 0.289. The first-order valence-electron chi connectivity index (χ1n) is 8.46. The molecule has 2 aliphatic rings. The molecule has 0 amide bonds. The number of hydrogen-bond acceptors (Lipinski definition) is 2. The molecule has 1 aromatic rings. The Hall–Kier alpha value is -2.09. The fraction of sp³-hybridized carbons (Fsp3) is 0.381. The third-order valence-corrected chi connectivity index (χ3v) is 4.69. The van der Waals surface area contributed by atoms with E-state index in [1.54, 1.807) is 0 Å². The number of allylic oxidation sites excluding steroid dienone is 4. The van der Waals surface area contributed by atoms with Gasteiger partial charge in [-0.05, 0) is 23.8 Å². The summed E-state index contributed by atoms with van der Waals surface area (Å²) < 4.78 is 5.97. The molecule has 0 N–H and O–H groups in total. The van der Waals surface area contributed by atoms with Crippen molar-refractivity contribution in [1.82, 2.24) is 0 Å². The average Bonchev–Trinajstić information content (AvgIpc) is 3.06. The van der Waals surface area contributed by atoms with Crippen molar-refractivity contribution in [1.29, 1.82) is 0 Å². The van der Waals surface area contributed by atoms with Crippen molar-refractivity contribution in [2.75, 3.05) is 6.61 Å². The molecule has 0 aromatic heterocycles. The molecule has 1 aromatic carbocycles. The van der Waals surface area contributed by atoms with Gasteiger partial charge >= 0.3 is 0 Å². The highest BCUT2D eigenvalue weighted by molar-refractivity contribution is 5.97. The predicted molar refractivity (Wildman–Crippen MR) is 96.7 cm³/mol. The molecule has 1 aliphatic carbocycles. The highest BCUT2D eigenvalue weighted by Gasteiger charge is 2.33. The molecule has 0 spiro atoms. The SMILES string of the molecule is C=CC[C@@H]1C=CC=C(C2=N[C@@H](C(C)C)CO2)[C@@H]1c1ccccc1. The number of benzene rings is 1. The summed E-state index contributed by atoms with van der Waals surface area (Å²) >= 11 is 0. The third kappa shape index (κ3) is 3.31. The minimum absolute atomic E-state index is 0.270. The number of aliphatic imine (C=N–C) groups is 1. The lowest BCUT2D eigenvalue weighted by Gasteiger charge is -2.29. The molecule has 23 heavy (non-hydrogen) atoms. The van der Waals surface area contributed by atoms with Gasteiger partial charge < -0.3 is 4.74 Å². The second-order valence-corrected chi connectivity index (χ2v) is 6.64. The second kappa shape index (κ2) is 6.99. The average molecular weight is 307 g/mol. The molecular formula is C21H25NO. The zero-order valence-corrected chi connectivity index (χ0v) is 14.0. The first-order valence-corrected chi connectivity index (χ1v) is 8.46. The van der Waals surface area contributed by atoms with Crippen LogP contribution in [0.5, 0.6) is 0 Å². The maximum atomic E-state index is 5.97. The van der Waals surface area contributed by atoms with Gasteiger partial charge in [0.25, 0.3) is 0 Å². The minimum atomic E-state index is 0.270. The summed E-state index contributed by atoms with van der Waals surface area (Å²) in [5, 5.41) is 0. The van der Waals surface area contributed by atoms with Gasteiger partial charge in [0.2, 0.25) is 5.90 Å². The quantitative estimate of drug-likeness (QED) is 0.708. The molecule has 0 radical (unpaired) electrons. The molecule has 0 saturated heterocycles. The first-order chi connectivity index (χ1) is 11.2. The monoisotopic (exact) mass is 307 g/mol. The predicted octanol–water partition coefficient (Wildman–Crippen LogP) is 4.91. The van der Waals surface area contributed by atoms with E-state index in [0.717, 1.165) is 12.3 Å². The summed E-state index contributed by atoms with van der Waals surface area (Å²) in [6.45, 7) is 9.02. The van der Waals surface area contributed by atoms with Gasteiger partial charge in [0.15, 0.2) is 0 Å². The lowest BCUT2D eigenvalue weighted by atomic mass is 9.76. The van der Waals surface area contributed by atoms with Crippen LogP contribution in [0.15, 0.2) is 71.8 Å². The first kappa shape index (κ1) is 15.8. The fourth-order valence-electron chi connectivity index (χ4n) is 3.33. The van der Waals surface area contributed by atoms with E-state index in [-0.39, 0.29) is 12.0 Å². The van der Waals surface area contributed by atoms with Crippen molar-refractivity contribution in [3.63, 3.8) is 0 Å². The Morgan fingerprint density at radius 3 is 2.74 bits per heavy atom. The molecule has 2 heteroatoms. The van der Waals surface area contributed by atoms with Gasteiger partial charge in [0.1, 0.15) is 6.61 Å². The van der Waals surface area contributed by atoms with Crippen LogP contribution in [-0.4, -0.2) is 18.5 Å². The van der Waals surface area contributed by atoms with E-state index in [1.807, 2.05) is 6.08 Å². The summed E-state index contributed by atoms with van der Waals surface area (Å²) in [6.07, 6.45) is 9.53. The molecule has 120 valence electrons. The zero-order chi connectivity index (χ0) is 16.2. The van der Waals surface area contributed by atoms with Crippen molar-refractivity contribution < 1.29 is 4.74 Å². The highest BCUT2D eigenvalue weighted by Crippen LogP contribution is 2.39. The van der Waals surface area contributed by atoms with Crippen LogP contribution >= 0.6 is 0 Å². The van der Waals surface area contributed by atoms with Gasteiger partial charge in [-0.25, -0.2) is 4.99 Å². The van der Waals surface area contributed by atoms with E-state index in [1.165, 1.54) is 11.1 Å². The summed E-state index contributed by atoms with van der Waals surface area (Å²) in [5.41, 5.74) is 2.52. The van der Waals surface area contributed by atoms with Crippen LogP contribution in [0.4, 0.5) is 0 Å². The Morgan fingerprint density at radius 1 is 1.30 bits per heavy atom. The molecule has 0 unspecified atom stereocenters. The molecule has 0 bridgehead atoms. The zero-order valence-electron chi connectivity index (χ0n) is 14.0. The highest BCUT2D eigenvalue weighted by atomic mass is 16.5. The van der Waals surface area contributed by atoms with Gasteiger partial charge in [-0.15, -0.1) is 6.58 Å². The molecule has 1 heterocycles. The molecule has 0 fully saturated rings. The molecule has 0 saturated carbocycles. The minimum Gasteiger partial charge on any atom is -0.475 e. The Bertz CT molecular complexity index is 639. The van der Waals surface area contributed by atoms with Crippen LogP contribution in [0.3, 0.4) is 0 Å². The van der Waals surface area contributed by atoms with Crippen molar-refractivity contribution in [3.05, 3.63) is 72.4 Å². The molecule has 2 nitrogen and oxygen atoms in total. The molecule has 3 rings (SSSR count). The van der Waals surface area contributed by atoms with Gasteiger partial charge in [-0.3, -0.25) is 0 Å². The van der Waals surface area contributed by atoms with E-state index in [0.29, 0.717) is 18.4 Å². The third-order valence-electron chi connectivity index (χ3n) is 4.69. The fourth-order valence-corrected chi connectivity index (χ4v) is 3.33. The maximum Gasteiger partial charge on any atom is 0.213 e. The second-order valence-electron chi connectivity index (χ2n) is 6.64. The van der Waals surface area contributed by atoms with Gasteiger partial charge in [0, 0.05) is 11.5 Å². The van der Waals surface area contributed by atoms with Crippen LogP contribution in [-0.2, 0) is 4.74 Å². The number of ether oxygens (including phenoxy) is 1. The summed E-state index contributed by atoms with van der Waals surface area (Å²) in [5.74, 6) is 2.02. The van der Waals surface area contributed by atoms with E-state index < -0.39 is 0 Å². The van der Waals surface area contributed by atoms with Gasteiger partial charge in [-0.2, -0.15) is 0 Å². The summed E-state index contributed by atoms with van der Waals surface area (Å²) in [4.78, 5) is 4.85. The van der Waals surface area contributed by atoms with Crippen molar-refractivity contribution in [3.8, 4) is 0 Å². The molecule has 3 atom stereocenters. The Kier molecular flexibility index (Phi) is 4.80. The largest absolute Gasteiger partial charge is 0.475 e. The van der Waals surface area contributed by atoms with Crippen LogP contribution in [0, 0.1) is 11.8 Å². The van der Waals surface area contributed by atoms with Crippen molar-refractivity contribution in [2.24, 2.45) is 16.8 Å². The lowest BCUT2D eigenvalue weighted by Crippen LogP contribution is -2.21. The normalized spacial score (nSPS) is 26.7. The topological polar surface area (TPSA) is 21.6 Å². The number of nitrogens with zero attached hydrogens (tertiary/aromatic N) is 1. The Morgan fingerprint density at radius 2 is 2.09 bits per heavy atom. The van der Waals surface area contributed by atoms with Crippen LogP contribution < -0.4 is 0 Å². The Balaban J connectivity index is 1.96. The van der Waals surface area contributed by atoms with E-state index >= 15 is 0 Å². The standard InChI is InChI=1S/C21H25NO/c1-4-9-16-12-8-13-18(20(16)17-10-6-5-7-11-17)21-22-19(14-23-21)15(2)3/h4-8,10-13,15-16,19-20H,1,9,14H2,2-3H3/t16-,19-,20+/m1/s1. The van der Waals surface area contributed by atoms with Crippen LogP contribution in [0.1, 0.15) is 31.7 Å². The van der Waals surface area contributed by atoms with Crippen molar-refractivity contribution in [2.45, 2.75) is 32.2 Å².